The molecule has 0 N–H and O–H groups in total. The van der Waals surface area contributed by atoms with Crippen LogP contribution in [0.15, 0.2) is 24.4 Å². The molecule has 0 saturated carbocycles. The molecule has 2 rings (SSSR count). The lowest BCUT2D eigenvalue weighted by Gasteiger charge is -2.12. The maximum atomic E-state index is 10.8. The van der Waals surface area contributed by atoms with Gasteiger partial charge in [0.25, 0.3) is 5.69 Å². The smallest absolute Gasteiger partial charge is 0.264 e. The van der Waals surface area contributed by atoms with Crippen molar-refractivity contribution in [3.63, 3.8) is 0 Å². The molecule has 0 aliphatic rings. The molecule has 0 saturated heterocycles. The largest absolute Gasteiger partial charge is 0.271 e. The fourth-order valence-corrected chi connectivity index (χ4v) is 2.25. The number of rotatable bonds is 5. The number of fused-ring (bicyclic) bond motifs is 1. The Morgan fingerprint density at radius 1 is 1.56 bits per heavy atom. The molecule has 5 nitrogen and oxygen atoms in total. The van der Waals surface area contributed by atoms with Crippen LogP contribution in [-0.2, 0) is 6.54 Å². The maximum Gasteiger partial charge on any atom is 0.271 e. The number of benzene rings is 1. The van der Waals surface area contributed by atoms with E-state index in [0.717, 1.165) is 29.6 Å². The summed E-state index contributed by atoms with van der Waals surface area (Å²) in [6.07, 6.45) is 2.75. The second-order valence-electron chi connectivity index (χ2n) is 4.28. The van der Waals surface area contributed by atoms with Gasteiger partial charge in [-0.2, -0.15) is 17.7 Å². The molecule has 0 amide bonds. The summed E-state index contributed by atoms with van der Waals surface area (Å²) < 4.78 is 1.83. The standard InChI is InChI=1S/C12H15N3O2S/c1-2-9(8-18)7-14-12-5-11(15(16)17)4-3-10(12)6-13-14/h3-6,9,18H,2,7-8H2,1H3. The molecule has 1 unspecified atom stereocenters. The Morgan fingerprint density at radius 3 is 2.94 bits per heavy atom. The minimum atomic E-state index is -0.382. The van der Waals surface area contributed by atoms with E-state index < -0.39 is 0 Å². The second kappa shape index (κ2) is 5.39. The van der Waals surface area contributed by atoms with Crippen LogP contribution in [0.2, 0.25) is 0 Å². The fraction of sp³-hybridized carbons (Fsp3) is 0.417. The number of hydrogen-bond acceptors (Lipinski definition) is 4. The summed E-state index contributed by atoms with van der Waals surface area (Å²) in [6.45, 7) is 2.85. The van der Waals surface area contributed by atoms with Gasteiger partial charge in [0.1, 0.15) is 0 Å². The number of nitro benzene ring substituents is 1. The van der Waals surface area contributed by atoms with E-state index in [1.54, 1.807) is 18.3 Å². The van der Waals surface area contributed by atoms with E-state index in [2.05, 4.69) is 24.7 Å². The van der Waals surface area contributed by atoms with Gasteiger partial charge in [-0.1, -0.05) is 13.3 Å². The van der Waals surface area contributed by atoms with Crippen molar-refractivity contribution in [3.05, 3.63) is 34.5 Å². The van der Waals surface area contributed by atoms with Gasteiger partial charge in [-0.3, -0.25) is 14.8 Å². The first-order valence-electron chi connectivity index (χ1n) is 5.86. The van der Waals surface area contributed by atoms with E-state index in [0.29, 0.717) is 5.92 Å². The van der Waals surface area contributed by atoms with Crippen molar-refractivity contribution in [1.82, 2.24) is 9.78 Å². The summed E-state index contributed by atoms with van der Waals surface area (Å²) in [7, 11) is 0. The Morgan fingerprint density at radius 2 is 2.33 bits per heavy atom. The van der Waals surface area contributed by atoms with Gasteiger partial charge in [0.15, 0.2) is 0 Å². The van der Waals surface area contributed by atoms with Crippen molar-refractivity contribution in [3.8, 4) is 0 Å². The highest BCUT2D eigenvalue weighted by atomic mass is 32.1. The van der Waals surface area contributed by atoms with Crippen LogP contribution in [0.25, 0.3) is 10.9 Å². The Bertz CT molecular complexity index is 563. The molecule has 0 aliphatic heterocycles. The van der Waals surface area contributed by atoms with Crippen LogP contribution in [0, 0.1) is 16.0 Å². The van der Waals surface area contributed by atoms with Gasteiger partial charge in [-0.25, -0.2) is 0 Å². The van der Waals surface area contributed by atoms with Gasteiger partial charge < -0.3 is 0 Å². The minimum absolute atomic E-state index is 0.100. The van der Waals surface area contributed by atoms with Crippen molar-refractivity contribution in [2.45, 2.75) is 19.9 Å². The molecule has 96 valence electrons. The molecular weight excluding hydrogens is 250 g/mol. The molecule has 0 aliphatic carbocycles. The van der Waals surface area contributed by atoms with Crippen LogP contribution in [0.3, 0.4) is 0 Å². The number of thiol groups is 1. The molecule has 0 bridgehead atoms. The number of non-ortho nitro benzene ring substituents is 1. The molecule has 1 aromatic heterocycles. The Labute approximate surface area is 110 Å². The first-order chi connectivity index (χ1) is 8.65. The van der Waals surface area contributed by atoms with Gasteiger partial charge in [-0.15, -0.1) is 0 Å². The zero-order valence-corrected chi connectivity index (χ0v) is 11.0. The zero-order valence-electron chi connectivity index (χ0n) is 10.1. The predicted molar refractivity (Wildman–Crippen MR) is 74.0 cm³/mol. The third-order valence-corrected chi connectivity index (χ3v) is 3.62. The minimum Gasteiger partial charge on any atom is -0.264 e. The highest BCUT2D eigenvalue weighted by Crippen LogP contribution is 2.21. The molecule has 6 heteroatoms. The van der Waals surface area contributed by atoms with Crippen molar-refractivity contribution in [2.75, 3.05) is 5.75 Å². The van der Waals surface area contributed by atoms with Crippen LogP contribution in [-0.4, -0.2) is 20.5 Å². The second-order valence-corrected chi connectivity index (χ2v) is 4.65. The van der Waals surface area contributed by atoms with Crippen molar-refractivity contribution < 1.29 is 4.92 Å². The van der Waals surface area contributed by atoms with Crippen LogP contribution in [0.1, 0.15) is 13.3 Å². The summed E-state index contributed by atoms with van der Waals surface area (Å²) in [5.74, 6) is 1.21. The van der Waals surface area contributed by atoms with E-state index >= 15 is 0 Å². The SMILES string of the molecule is CCC(CS)Cn1ncc2ccc([N+](=O)[O-])cc21. The molecule has 1 heterocycles. The molecule has 0 spiro atoms. The van der Waals surface area contributed by atoms with Crippen LogP contribution < -0.4 is 0 Å². The Balaban J connectivity index is 2.39. The first-order valence-corrected chi connectivity index (χ1v) is 6.49. The highest BCUT2D eigenvalue weighted by molar-refractivity contribution is 7.80. The van der Waals surface area contributed by atoms with Gasteiger partial charge in [0.05, 0.1) is 16.6 Å². The molecule has 1 atom stereocenters. The molecule has 2 aromatic rings. The quantitative estimate of drug-likeness (QED) is 0.513. The van der Waals surface area contributed by atoms with E-state index in [1.807, 2.05) is 4.68 Å². The Hall–Kier alpha value is -1.56. The third kappa shape index (κ3) is 2.48. The normalized spacial score (nSPS) is 12.8. The number of aromatic nitrogens is 2. The van der Waals surface area contributed by atoms with E-state index in [4.69, 9.17) is 0 Å². The number of hydrogen-bond donors (Lipinski definition) is 1. The summed E-state index contributed by atoms with van der Waals surface area (Å²) in [4.78, 5) is 10.4. The Kier molecular flexibility index (Phi) is 3.86. The summed E-state index contributed by atoms with van der Waals surface area (Å²) in [5.41, 5.74) is 0.910. The van der Waals surface area contributed by atoms with Gasteiger partial charge in [0.2, 0.25) is 0 Å². The van der Waals surface area contributed by atoms with Crippen molar-refractivity contribution >= 4 is 29.2 Å². The van der Waals surface area contributed by atoms with Crippen LogP contribution in [0.5, 0.6) is 0 Å². The number of nitro groups is 1. The monoisotopic (exact) mass is 265 g/mol. The maximum absolute atomic E-state index is 10.8. The van der Waals surface area contributed by atoms with E-state index in [1.165, 1.54) is 6.07 Å². The first kappa shape index (κ1) is 12.9. The summed E-state index contributed by atoms with van der Waals surface area (Å²) in [5, 5.41) is 16.0. The molecule has 0 fully saturated rings. The van der Waals surface area contributed by atoms with E-state index in [-0.39, 0.29) is 10.6 Å². The third-order valence-electron chi connectivity index (χ3n) is 3.11. The van der Waals surface area contributed by atoms with Crippen LogP contribution >= 0.6 is 12.6 Å². The number of nitrogens with zero attached hydrogens (tertiary/aromatic N) is 3. The lowest BCUT2D eigenvalue weighted by atomic mass is 10.1. The topological polar surface area (TPSA) is 61.0 Å². The van der Waals surface area contributed by atoms with Crippen molar-refractivity contribution in [2.24, 2.45) is 5.92 Å². The molecular formula is C12H15N3O2S. The van der Waals surface area contributed by atoms with Gasteiger partial charge in [0, 0.05) is 24.1 Å². The summed E-state index contributed by atoms with van der Waals surface area (Å²) in [6, 6.07) is 4.82. The lowest BCUT2D eigenvalue weighted by Crippen LogP contribution is -2.12. The van der Waals surface area contributed by atoms with Gasteiger partial charge >= 0.3 is 0 Å². The fourth-order valence-electron chi connectivity index (χ4n) is 1.88. The molecule has 18 heavy (non-hydrogen) atoms. The predicted octanol–water partition coefficient (Wildman–Crippen LogP) is 2.90. The van der Waals surface area contributed by atoms with Crippen molar-refractivity contribution in [1.29, 1.82) is 0 Å². The highest BCUT2D eigenvalue weighted by Gasteiger charge is 2.12. The van der Waals surface area contributed by atoms with Crippen LogP contribution in [0.4, 0.5) is 5.69 Å². The zero-order chi connectivity index (χ0) is 13.1. The lowest BCUT2D eigenvalue weighted by molar-refractivity contribution is -0.384. The van der Waals surface area contributed by atoms with Gasteiger partial charge in [-0.05, 0) is 17.7 Å². The molecule has 1 aromatic carbocycles. The average molecular weight is 265 g/mol. The molecule has 0 radical (unpaired) electrons. The average Bonchev–Trinajstić information content (AvgIpc) is 2.78. The summed E-state index contributed by atoms with van der Waals surface area (Å²) >= 11 is 4.30. The van der Waals surface area contributed by atoms with E-state index in [9.17, 15) is 10.1 Å².